The highest BCUT2D eigenvalue weighted by Gasteiger charge is 2.09. The first kappa shape index (κ1) is 14.4. The molecule has 0 atom stereocenters. The second kappa shape index (κ2) is 7.61. The zero-order valence-electron chi connectivity index (χ0n) is 11.0. The zero-order valence-corrected chi connectivity index (χ0v) is 11.0. The Labute approximate surface area is 107 Å². The summed E-state index contributed by atoms with van der Waals surface area (Å²) >= 11 is 0. The summed E-state index contributed by atoms with van der Waals surface area (Å²) in [6.07, 6.45) is 4.50. The molecule has 0 aliphatic heterocycles. The number of H-pyrrole nitrogens is 1. The number of aromatic nitrogens is 2. The Morgan fingerprint density at radius 1 is 1.33 bits per heavy atom. The summed E-state index contributed by atoms with van der Waals surface area (Å²) < 4.78 is 15.1. The monoisotopic (exact) mass is 250 g/mol. The van der Waals surface area contributed by atoms with Crippen LogP contribution in [-0.4, -0.2) is 11.5 Å². The number of nitrogens with zero attached hydrogens (tertiary/aromatic N) is 1. The normalized spacial score (nSPS) is 9.78. The van der Waals surface area contributed by atoms with Crippen LogP contribution in [0.4, 0.5) is 4.39 Å². The van der Waals surface area contributed by atoms with Crippen LogP contribution in [-0.2, 0) is 13.0 Å². The fraction of sp³-hybridized carbons (Fsp3) is 0.357. The van der Waals surface area contributed by atoms with Gasteiger partial charge in [0.05, 0.1) is 0 Å². The third-order valence-corrected chi connectivity index (χ3v) is 2.49. The van der Waals surface area contributed by atoms with Crippen LogP contribution in [0.2, 0.25) is 0 Å². The smallest absolute Gasteiger partial charge is 0.241 e. The molecule has 1 heterocycles. The van der Waals surface area contributed by atoms with Crippen LogP contribution in [0.25, 0.3) is 0 Å². The molecule has 1 aromatic carbocycles. The highest BCUT2D eigenvalue weighted by atomic mass is 19.1. The minimum absolute atomic E-state index is 0.196. The van der Waals surface area contributed by atoms with Crippen molar-refractivity contribution in [1.29, 1.82) is 0 Å². The largest absolute Gasteiger partial charge is 0.327 e. The molecule has 3 N–H and O–H groups in total. The van der Waals surface area contributed by atoms with Gasteiger partial charge in [0, 0.05) is 13.0 Å². The van der Waals surface area contributed by atoms with Gasteiger partial charge < -0.3 is 5.73 Å². The van der Waals surface area contributed by atoms with E-state index in [1.54, 1.807) is 12.1 Å². The first-order valence-electron chi connectivity index (χ1n) is 6.29. The summed E-state index contributed by atoms with van der Waals surface area (Å²) in [5.74, 6) is -0.196. The van der Waals surface area contributed by atoms with Crippen LogP contribution in [0.3, 0.4) is 0 Å². The Bertz CT molecular complexity index is 466. The third-order valence-electron chi connectivity index (χ3n) is 2.49. The van der Waals surface area contributed by atoms with Crippen molar-refractivity contribution in [3.05, 3.63) is 53.9 Å². The van der Waals surface area contributed by atoms with Crippen molar-refractivity contribution in [2.24, 2.45) is 5.73 Å². The van der Waals surface area contributed by atoms with Crippen LogP contribution < -0.4 is 10.3 Å². The lowest BCUT2D eigenvalue weighted by atomic mass is 10.1. The molecular weight excluding hydrogens is 229 g/mol. The molecule has 0 amide bonds. The van der Waals surface area contributed by atoms with Crippen LogP contribution in [0.15, 0.2) is 36.8 Å². The van der Waals surface area contributed by atoms with Crippen LogP contribution >= 0.6 is 0 Å². The number of rotatable bonds is 4. The molecule has 1 aromatic heterocycles. The maximum atomic E-state index is 13.0. The number of benzene rings is 1. The molecule has 0 bridgehead atoms. The average molecular weight is 250 g/mol. The van der Waals surface area contributed by atoms with Crippen molar-refractivity contribution in [3.8, 4) is 0 Å². The number of aromatic amines is 1. The number of nitrogens with one attached hydrogen (secondary N) is 1. The van der Waals surface area contributed by atoms with Gasteiger partial charge in [0.2, 0.25) is 6.33 Å². The maximum absolute atomic E-state index is 13.0. The zero-order chi connectivity index (χ0) is 13.4. The molecule has 0 saturated heterocycles. The molecule has 4 heteroatoms. The molecule has 0 saturated carbocycles. The van der Waals surface area contributed by atoms with Gasteiger partial charge in [-0.25, -0.2) is 13.9 Å². The Balaban J connectivity index is 0.000000771. The van der Waals surface area contributed by atoms with Gasteiger partial charge >= 0.3 is 0 Å². The molecule has 98 valence electrons. The van der Waals surface area contributed by atoms with Crippen molar-refractivity contribution in [1.82, 2.24) is 4.98 Å². The van der Waals surface area contributed by atoms with E-state index in [-0.39, 0.29) is 5.82 Å². The second-order valence-corrected chi connectivity index (χ2v) is 3.72. The van der Waals surface area contributed by atoms with Crippen molar-refractivity contribution in [3.63, 3.8) is 0 Å². The molecule has 0 unspecified atom stereocenters. The quantitative estimate of drug-likeness (QED) is 0.801. The predicted octanol–water partition coefficient (Wildman–Crippen LogP) is 2.02. The second-order valence-electron chi connectivity index (χ2n) is 3.72. The summed E-state index contributed by atoms with van der Waals surface area (Å²) in [5, 5.41) is 0. The number of nitrogens with two attached hydrogens (primary N) is 1. The fourth-order valence-electron chi connectivity index (χ4n) is 1.75. The highest BCUT2D eigenvalue weighted by Crippen LogP contribution is 2.07. The Morgan fingerprint density at radius 2 is 2.11 bits per heavy atom. The molecule has 0 fully saturated rings. The summed E-state index contributed by atoms with van der Waals surface area (Å²) in [5.41, 5.74) is 7.58. The molecule has 0 aliphatic carbocycles. The van der Waals surface area contributed by atoms with Crippen molar-refractivity contribution in [2.45, 2.75) is 26.8 Å². The highest BCUT2D eigenvalue weighted by molar-refractivity contribution is 5.20. The molecule has 0 radical (unpaired) electrons. The van der Waals surface area contributed by atoms with E-state index in [9.17, 15) is 4.39 Å². The van der Waals surface area contributed by atoms with Gasteiger partial charge in [-0.15, -0.1) is 0 Å². The molecule has 0 spiro atoms. The topological polar surface area (TPSA) is 45.7 Å². The lowest BCUT2D eigenvalue weighted by Gasteiger charge is -2.01. The van der Waals surface area contributed by atoms with Crippen molar-refractivity contribution >= 4 is 0 Å². The summed E-state index contributed by atoms with van der Waals surface area (Å²) in [6.45, 7) is 5.37. The first-order chi connectivity index (χ1) is 8.79. The Kier molecular flexibility index (Phi) is 6.08. The van der Waals surface area contributed by atoms with Gasteiger partial charge in [0.25, 0.3) is 0 Å². The van der Waals surface area contributed by atoms with E-state index in [2.05, 4.69) is 4.98 Å². The molecule has 18 heavy (non-hydrogen) atoms. The van der Waals surface area contributed by atoms with Crippen molar-refractivity contribution in [2.75, 3.05) is 6.54 Å². The van der Waals surface area contributed by atoms with Crippen LogP contribution in [0.5, 0.6) is 0 Å². The lowest BCUT2D eigenvalue weighted by Crippen LogP contribution is -2.39. The van der Waals surface area contributed by atoms with Gasteiger partial charge in [-0.2, -0.15) is 0 Å². The summed E-state index contributed by atoms with van der Waals surface area (Å²) in [6, 6.07) is 6.65. The Hall–Kier alpha value is -1.68. The van der Waals surface area contributed by atoms with Crippen molar-refractivity contribution < 1.29 is 8.96 Å². The van der Waals surface area contributed by atoms with E-state index in [0.29, 0.717) is 13.0 Å². The van der Waals surface area contributed by atoms with E-state index in [0.717, 1.165) is 17.8 Å². The van der Waals surface area contributed by atoms with E-state index in [1.165, 1.54) is 6.07 Å². The molecule has 2 rings (SSSR count). The molecular formula is C14H21FN3+. The van der Waals surface area contributed by atoms with Gasteiger partial charge in [-0.3, -0.25) is 0 Å². The van der Waals surface area contributed by atoms with E-state index >= 15 is 0 Å². The predicted molar refractivity (Wildman–Crippen MR) is 70.6 cm³/mol. The van der Waals surface area contributed by atoms with Gasteiger partial charge in [-0.05, 0) is 17.7 Å². The summed E-state index contributed by atoms with van der Waals surface area (Å²) in [7, 11) is 0. The van der Waals surface area contributed by atoms with Crippen LogP contribution in [0.1, 0.15) is 25.1 Å². The van der Waals surface area contributed by atoms with Gasteiger partial charge in [0.1, 0.15) is 24.3 Å². The Morgan fingerprint density at radius 3 is 2.78 bits per heavy atom. The number of hydrogen-bond acceptors (Lipinski definition) is 1. The standard InChI is InChI=1S/C12H14FN3.C2H6/c13-11-3-1-2-10(6-11)7-12-8-15-9-16(12)5-4-14;1-2/h1-3,6,8-9H,4-5,7,14H2;1-2H3/p+1. The summed E-state index contributed by atoms with van der Waals surface area (Å²) in [4.78, 5) is 3.03. The SMILES string of the molecule is CC.NCC[n+]1c[nH]cc1Cc1cccc(F)c1. The van der Waals surface area contributed by atoms with E-state index in [4.69, 9.17) is 5.73 Å². The molecule has 3 nitrogen and oxygen atoms in total. The average Bonchev–Trinajstić information content (AvgIpc) is 2.80. The molecule has 2 aromatic rings. The number of halogens is 1. The minimum atomic E-state index is -0.196. The van der Waals surface area contributed by atoms with Gasteiger partial charge in [0.15, 0.2) is 0 Å². The molecule has 0 aliphatic rings. The maximum Gasteiger partial charge on any atom is 0.241 e. The third kappa shape index (κ3) is 3.96. The first-order valence-corrected chi connectivity index (χ1v) is 6.29. The number of hydrogen-bond donors (Lipinski definition) is 2. The minimum Gasteiger partial charge on any atom is -0.327 e. The van der Waals surface area contributed by atoms with Crippen LogP contribution in [0, 0.1) is 5.82 Å². The van der Waals surface area contributed by atoms with E-state index in [1.807, 2.05) is 37.0 Å². The fourth-order valence-corrected chi connectivity index (χ4v) is 1.75. The van der Waals surface area contributed by atoms with Gasteiger partial charge in [-0.1, -0.05) is 26.0 Å². The van der Waals surface area contributed by atoms with E-state index < -0.39 is 0 Å². The lowest BCUT2D eigenvalue weighted by molar-refractivity contribution is -0.699. The number of imidazole rings is 1.